The molecule has 4 nitrogen and oxygen atoms in total. The maximum absolute atomic E-state index is 12.7. The number of hydrogen-bond acceptors (Lipinski definition) is 3. The summed E-state index contributed by atoms with van der Waals surface area (Å²) in [5.74, 6) is -2.68. The van der Waals surface area contributed by atoms with E-state index in [2.05, 4.69) is 24.8 Å². The standard InChI is InChI=1S/C12H13FO3.C8H11N/c13-8-3-1-7(2-4-8)11-9(12(15)16)5-6-10(11)14;1-7(9)8-5-3-2-4-6-8/h1-4,9-11,14H,5-6H2,(H,15,16);2-7H,9H2,1H3/t9-,10-,11+;7-/m10/s1. The monoisotopic (exact) mass is 345 g/mol. The fourth-order valence-corrected chi connectivity index (χ4v) is 3.16. The van der Waals surface area contributed by atoms with E-state index in [9.17, 15) is 19.4 Å². The number of carbonyl (C=O) groups is 1. The van der Waals surface area contributed by atoms with Crippen LogP contribution in [0.1, 0.15) is 42.9 Å². The zero-order valence-corrected chi connectivity index (χ0v) is 14.3. The fraction of sp³-hybridized carbons (Fsp3) is 0.350. The van der Waals surface area contributed by atoms with Crippen LogP contribution in [0.2, 0.25) is 0 Å². The topological polar surface area (TPSA) is 88.0 Å². The smallest absolute Gasteiger partial charge is 0.123 e. The lowest BCUT2D eigenvalue weighted by molar-refractivity contribution is -0.420. The lowest BCUT2D eigenvalue weighted by Crippen LogP contribution is -2.51. The highest BCUT2D eigenvalue weighted by atomic mass is 19.1. The van der Waals surface area contributed by atoms with Gasteiger partial charge in [-0.15, -0.1) is 0 Å². The second-order valence-electron chi connectivity index (χ2n) is 6.46. The van der Waals surface area contributed by atoms with Gasteiger partial charge >= 0.3 is 0 Å². The van der Waals surface area contributed by atoms with Crippen LogP contribution in [0.15, 0.2) is 54.6 Å². The molecule has 0 bridgehead atoms. The molecule has 2 aromatic rings. The molecule has 3 rings (SSSR count). The Labute approximate surface area is 147 Å². The largest absolute Gasteiger partial charge is 0.550 e. The van der Waals surface area contributed by atoms with E-state index in [4.69, 9.17) is 0 Å². The summed E-state index contributed by atoms with van der Waals surface area (Å²) in [5, 5.41) is 20.6. The van der Waals surface area contributed by atoms with E-state index in [1.807, 2.05) is 18.2 Å². The normalized spacial score (nSPS) is 23.4. The van der Waals surface area contributed by atoms with Gasteiger partial charge in [0, 0.05) is 23.4 Å². The van der Waals surface area contributed by atoms with Gasteiger partial charge in [0.05, 0.1) is 6.10 Å². The highest BCUT2D eigenvalue weighted by molar-refractivity contribution is 5.70. The van der Waals surface area contributed by atoms with Crippen molar-refractivity contribution in [3.63, 3.8) is 0 Å². The number of quaternary nitrogens is 1. The van der Waals surface area contributed by atoms with Crippen molar-refractivity contribution >= 4 is 5.97 Å². The molecule has 4 N–H and O–H groups in total. The number of aliphatic carboxylic acids is 1. The number of aliphatic hydroxyl groups is 1. The minimum absolute atomic E-state index is 0.374. The summed E-state index contributed by atoms with van der Waals surface area (Å²) < 4.78 is 12.7. The summed E-state index contributed by atoms with van der Waals surface area (Å²) in [7, 11) is 0. The van der Waals surface area contributed by atoms with E-state index in [-0.39, 0.29) is 5.82 Å². The fourth-order valence-electron chi connectivity index (χ4n) is 3.16. The Balaban J connectivity index is 0.000000212. The highest BCUT2D eigenvalue weighted by Gasteiger charge is 2.36. The summed E-state index contributed by atoms with van der Waals surface area (Å²) in [6.45, 7) is 2.09. The molecule has 0 aliphatic heterocycles. The van der Waals surface area contributed by atoms with E-state index < -0.39 is 23.9 Å². The maximum Gasteiger partial charge on any atom is 0.123 e. The van der Waals surface area contributed by atoms with Crippen molar-refractivity contribution in [1.29, 1.82) is 0 Å². The van der Waals surface area contributed by atoms with Crippen LogP contribution in [0.25, 0.3) is 0 Å². The van der Waals surface area contributed by atoms with Crippen molar-refractivity contribution in [2.24, 2.45) is 5.92 Å². The average Bonchev–Trinajstić information content (AvgIpc) is 2.99. The Morgan fingerprint density at radius 3 is 2.24 bits per heavy atom. The Hall–Kier alpha value is -2.24. The van der Waals surface area contributed by atoms with Gasteiger partial charge in [0.1, 0.15) is 11.9 Å². The first kappa shape index (κ1) is 19.1. The molecule has 0 spiro atoms. The summed E-state index contributed by atoms with van der Waals surface area (Å²) in [6.07, 6.45) is 0.167. The van der Waals surface area contributed by atoms with Crippen LogP contribution >= 0.6 is 0 Å². The van der Waals surface area contributed by atoms with Gasteiger partial charge in [-0.05, 0) is 37.5 Å². The lowest BCUT2D eigenvalue weighted by Gasteiger charge is -2.23. The zero-order valence-electron chi connectivity index (χ0n) is 14.3. The predicted octanol–water partition coefficient (Wildman–Crippen LogP) is 1.42. The SMILES string of the molecule is C[C@H]([NH3+])c1ccccc1.O=C([O-])[C@@H]1CC[C@@H](O)[C@H]1c1ccc(F)cc1. The summed E-state index contributed by atoms with van der Waals surface area (Å²) >= 11 is 0. The Kier molecular flexibility index (Phi) is 6.67. The number of aliphatic hydroxyl groups excluding tert-OH is 1. The number of halogens is 1. The third-order valence-electron chi connectivity index (χ3n) is 4.55. The van der Waals surface area contributed by atoms with Gasteiger partial charge in [-0.3, -0.25) is 0 Å². The molecule has 4 atom stereocenters. The quantitative estimate of drug-likeness (QED) is 0.882. The molecule has 1 aliphatic carbocycles. The van der Waals surface area contributed by atoms with Gasteiger partial charge in [0.25, 0.3) is 0 Å². The van der Waals surface area contributed by atoms with E-state index >= 15 is 0 Å². The first-order valence-electron chi connectivity index (χ1n) is 8.42. The molecule has 0 heterocycles. The van der Waals surface area contributed by atoms with Gasteiger partial charge in [-0.2, -0.15) is 0 Å². The van der Waals surface area contributed by atoms with Crippen molar-refractivity contribution in [2.75, 3.05) is 0 Å². The van der Waals surface area contributed by atoms with Gasteiger partial charge in [-0.1, -0.05) is 42.5 Å². The molecule has 0 aromatic heterocycles. The van der Waals surface area contributed by atoms with Crippen LogP contribution < -0.4 is 10.8 Å². The minimum atomic E-state index is -1.15. The molecule has 134 valence electrons. The summed E-state index contributed by atoms with van der Waals surface area (Å²) in [4.78, 5) is 10.9. The Bertz CT molecular complexity index is 673. The second-order valence-corrected chi connectivity index (χ2v) is 6.46. The summed E-state index contributed by atoms with van der Waals surface area (Å²) in [5.41, 5.74) is 5.87. The van der Waals surface area contributed by atoms with Crippen LogP contribution in [0.3, 0.4) is 0 Å². The van der Waals surface area contributed by atoms with Gasteiger partial charge in [-0.25, -0.2) is 4.39 Å². The molecule has 2 aromatic carbocycles. The number of rotatable bonds is 3. The molecular formula is C20H24FNO3. The first-order valence-corrected chi connectivity index (χ1v) is 8.42. The van der Waals surface area contributed by atoms with Crippen LogP contribution in [0.4, 0.5) is 4.39 Å². The van der Waals surface area contributed by atoms with Crippen molar-refractivity contribution in [3.05, 3.63) is 71.5 Å². The molecule has 0 saturated heterocycles. The summed E-state index contributed by atoms with van der Waals surface area (Å²) in [6, 6.07) is 16.3. The van der Waals surface area contributed by atoms with Crippen LogP contribution in [0, 0.1) is 11.7 Å². The minimum Gasteiger partial charge on any atom is -0.550 e. The third kappa shape index (κ3) is 5.11. The Morgan fingerprint density at radius 2 is 1.76 bits per heavy atom. The zero-order chi connectivity index (χ0) is 18.4. The van der Waals surface area contributed by atoms with Gasteiger partial charge in [0.15, 0.2) is 0 Å². The number of carbonyl (C=O) groups excluding carboxylic acids is 1. The Morgan fingerprint density at radius 1 is 1.16 bits per heavy atom. The van der Waals surface area contributed by atoms with Crippen molar-refractivity contribution in [3.8, 4) is 0 Å². The highest BCUT2D eigenvalue weighted by Crippen LogP contribution is 2.39. The van der Waals surface area contributed by atoms with Gasteiger partial charge in [0.2, 0.25) is 0 Å². The molecule has 1 saturated carbocycles. The molecular weight excluding hydrogens is 321 g/mol. The van der Waals surface area contributed by atoms with Crippen LogP contribution in [-0.2, 0) is 4.79 Å². The number of carboxylic acids is 1. The van der Waals surface area contributed by atoms with Crippen molar-refractivity contribution < 1.29 is 25.1 Å². The molecule has 0 radical (unpaired) electrons. The molecule has 0 unspecified atom stereocenters. The van der Waals surface area contributed by atoms with E-state index in [1.165, 1.54) is 29.8 Å². The predicted molar refractivity (Wildman–Crippen MR) is 90.6 cm³/mol. The van der Waals surface area contributed by atoms with Crippen molar-refractivity contribution in [1.82, 2.24) is 0 Å². The molecule has 5 heteroatoms. The molecule has 0 amide bonds. The number of benzene rings is 2. The molecule has 25 heavy (non-hydrogen) atoms. The number of hydrogen-bond donors (Lipinski definition) is 2. The maximum atomic E-state index is 12.7. The number of carboxylic acid groups (broad SMARTS) is 1. The second kappa shape index (κ2) is 8.74. The van der Waals surface area contributed by atoms with E-state index in [0.717, 1.165) is 0 Å². The van der Waals surface area contributed by atoms with Crippen LogP contribution in [0.5, 0.6) is 0 Å². The van der Waals surface area contributed by atoms with Crippen LogP contribution in [-0.4, -0.2) is 17.2 Å². The lowest BCUT2D eigenvalue weighted by atomic mass is 9.88. The molecule has 1 fully saturated rings. The van der Waals surface area contributed by atoms with Crippen molar-refractivity contribution in [2.45, 2.75) is 37.8 Å². The van der Waals surface area contributed by atoms with E-state index in [0.29, 0.717) is 24.4 Å². The average molecular weight is 345 g/mol. The third-order valence-corrected chi connectivity index (χ3v) is 4.55. The van der Waals surface area contributed by atoms with Gasteiger partial charge < -0.3 is 20.7 Å². The molecule has 1 aliphatic rings. The van der Waals surface area contributed by atoms with E-state index in [1.54, 1.807) is 0 Å². The first-order chi connectivity index (χ1) is 11.9.